The molecule has 1 saturated heterocycles. The molecule has 4 bridgehead atoms. The van der Waals surface area contributed by atoms with Crippen molar-refractivity contribution in [1.82, 2.24) is 25.8 Å². The van der Waals surface area contributed by atoms with Gasteiger partial charge in [-0.3, -0.25) is 48.1 Å². The third-order valence-corrected chi connectivity index (χ3v) is 19.6. The number of rotatable bonds is 18. The van der Waals surface area contributed by atoms with E-state index in [-0.39, 0.29) is 123 Å². The summed E-state index contributed by atoms with van der Waals surface area (Å²) >= 11 is 1.20. The van der Waals surface area contributed by atoms with Crippen molar-refractivity contribution in [3.63, 3.8) is 0 Å². The van der Waals surface area contributed by atoms with Crippen molar-refractivity contribution in [3.05, 3.63) is 118 Å². The fourth-order valence-corrected chi connectivity index (χ4v) is 14.2. The van der Waals surface area contributed by atoms with Gasteiger partial charge in [0.15, 0.2) is 0 Å². The van der Waals surface area contributed by atoms with E-state index in [0.29, 0.717) is 72.2 Å². The van der Waals surface area contributed by atoms with Gasteiger partial charge in [0, 0.05) is 99.0 Å². The number of anilines is 3. The van der Waals surface area contributed by atoms with Gasteiger partial charge in [0.2, 0.25) is 23.2 Å². The first-order valence-corrected chi connectivity index (χ1v) is 34.2. The van der Waals surface area contributed by atoms with Gasteiger partial charge in [-0.05, 0) is 118 Å². The number of unbranched alkanes of at least 4 members (excludes halogenated alkanes) is 2. The van der Waals surface area contributed by atoms with Gasteiger partial charge < -0.3 is 60.3 Å². The molecule has 8 atom stereocenters. The van der Waals surface area contributed by atoms with Crippen LogP contribution in [0.5, 0.6) is 11.5 Å². The van der Waals surface area contributed by atoms with Crippen molar-refractivity contribution >= 4 is 103 Å². The largest absolute Gasteiger partial charge is 0.507 e. The summed E-state index contributed by atoms with van der Waals surface area (Å²) in [6.45, 7) is 18.7. The van der Waals surface area contributed by atoms with Crippen LogP contribution >= 0.6 is 11.3 Å². The number of allylic oxidation sites excluding steroid dienone is 3. The molecule has 6 N–H and O–H groups in total. The molecule has 1 unspecified atom stereocenters. The number of aromatic nitrogens is 1. The van der Waals surface area contributed by atoms with Gasteiger partial charge in [0.1, 0.15) is 35.9 Å². The highest BCUT2D eigenvalue weighted by molar-refractivity contribution is 7.22. The Balaban J connectivity index is 0.846. The normalized spacial score (nSPS) is 23.2. The summed E-state index contributed by atoms with van der Waals surface area (Å²) in [6.07, 6.45) is 13.6. The first-order valence-electron chi connectivity index (χ1n) is 33.4. The first kappa shape index (κ1) is 72.8. The van der Waals surface area contributed by atoms with E-state index in [1.807, 2.05) is 44.2 Å². The van der Waals surface area contributed by atoms with Crippen LogP contribution in [0.2, 0.25) is 0 Å². The standard InChI is InChI=1S/C73H88N8O16S/c1-39(2)61(78-54(83)18-13-12-14-30-81-56(85)25-26-57(81)86)71(91)74-37-55(84)75-48-21-19-47(20-22-48)38-94-72(92)76-49-27-31-80(32-28-49)50-23-24-51-53(36-50)98-68-62(77-51)58-59-64(87)45(8)67-60(58)69(89)73(10,97-67)95-33-29-52(93-11)44(7)66(96-46(9)82)43(6)35-41(4)34-40(3)16-15-17-42(5)70(90)79-63(68)65(59)88/h15-17,19-26,29,33,36,39-41,43-44,49,52,61,66,87H,12-14,18,27-28,30-32,34-35,37-38H2,1-11H3,(H,74,91)(H,75,84)(H,76,92)(H,78,83)(H,79,90)/b16-15+,33-29+,42-17-/t40-,41+,43+,44+,52-,61?,66-,73-/m0/s1. The number of benzene rings is 4. The molecule has 0 saturated carbocycles. The maximum absolute atomic E-state index is 15.1. The summed E-state index contributed by atoms with van der Waals surface area (Å²) in [6, 6.07) is 11.3. The summed E-state index contributed by atoms with van der Waals surface area (Å²) in [7, 11) is 1.53. The predicted molar refractivity (Wildman–Crippen MR) is 372 cm³/mol. The van der Waals surface area contributed by atoms with E-state index >= 15 is 9.59 Å². The van der Waals surface area contributed by atoms with Gasteiger partial charge in [-0.2, -0.15) is 0 Å². The number of phenols is 1. The second-order valence-electron chi connectivity index (χ2n) is 26.6. The number of Topliss-reactive ketones (excluding diaryl/α,β-unsaturated/α-hetero) is 1. The number of hydrogen-bond donors (Lipinski definition) is 6. The second kappa shape index (κ2) is 31.8. The highest BCUT2D eigenvalue weighted by Crippen LogP contribution is 2.51. The van der Waals surface area contributed by atoms with Crippen LogP contribution in [0.1, 0.15) is 135 Å². The Bertz CT molecular complexity index is 4040. The number of methoxy groups -OCH3 is 1. The molecule has 98 heavy (non-hydrogen) atoms. The van der Waals surface area contributed by atoms with E-state index in [2.05, 4.69) is 45.3 Å². The van der Waals surface area contributed by atoms with Crippen LogP contribution in [-0.4, -0.2) is 132 Å². The summed E-state index contributed by atoms with van der Waals surface area (Å²) < 4.78 is 30.7. The number of carbonyl (C=O) groups is 9. The maximum atomic E-state index is 15.1. The number of ether oxygens (including phenoxy) is 5. The Labute approximate surface area is 573 Å². The predicted octanol–water partition coefficient (Wildman–Crippen LogP) is 10.1. The molecular formula is C73H88N8O16S. The van der Waals surface area contributed by atoms with Crippen LogP contribution in [0, 0.1) is 36.5 Å². The molecule has 7 amide bonds. The average molecular weight is 1370 g/mol. The lowest BCUT2D eigenvalue weighted by molar-refractivity contribution is -0.155. The Morgan fingerprint density at radius 3 is 2.30 bits per heavy atom. The fourth-order valence-electron chi connectivity index (χ4n) is 13.1. The number of alkyl carbamates (subject to hydrolysis) is 1. The number of carbonyl (C=O) groups excluding carboxylic acids is 9. The summed E-state index contributed by atoms with van der Waals surface area (Å²) in [5.41, 5.74) is 2.10. The molecule has 3 aromatic rings. The molecule has 1 aliphatic carbocycles. The minimum atomic E-state index is -1.99. The van der Waals surface area contributed by atoms with Crippen molar-refractivity contribution in [2.75, 3.05) is 48.8 Å². The topological polar surface area (TPSA) is 317 Å². The molecule has 5 aliphatic heterocycles. The van der Waals surface area contributed by atoms with E-state index < -0.39 is 70.8 Å². The summed E-state index contributed by atoms with van der Waals surface area (Å²) in [5.74, 6) is -6.52. The van der Waals surface area contributed by atoms with Crippen LogP contribution < -0.4 is 41.6 Å². The molecule has 0 spiro atoms. The van der Waals surface area contributed by atoms with Crippen LogP contribution in [0.3, 0.4) is 0 Å². The highest BCUT2D eigenvalue weighted by Gasteiger charge is 2.50. The van der Waals surface area contributed by atoms with Crippen molar-refractivity contribution in [3.8, 4) is 22.1 Å². The molecule has 1 fully saturated rings. The van der Waals surface area contributed by atoms with Crippen LogP contribution in [0.15, 0.2) is 95.6 Å². The lowest BCUT2D eigenvalue weighted by Gasteiger charge is -2.34. The van der Waals surface area contributed by atoms with Crippen molar-refractivity contribution < 1.29 is 71.9 Å². The lowest BCUT2D eigenvalue weighted by atomic mass is 9.82. The minimum Gasteiger partial charge on any atom is -0.507 e. The van der Waals surface area contributed by atoms with Crippen LogP contribution in [0.25, 0.3) is 31.6 Å². The fraction of sp³-hybridized carbons (Fsp3) is 0.466. The molecule has 9 rings (SSSR count). The monoisotopic (exact) mass is 1360 g/mol. The van der Waals surface area contributed by atoms with E-state index in [0.717, 1.165) is 23.4 Å². The van der Waals surface area contributed by atoms with Crippen LogP contribution in [0.4, 0.5) is 21.9 Å². The SMILES string of the molecule is CO[C@H]1/C=C/O[C@@]2(C)Oc3c(C)c(O)c4c(=O)c(c5sc6cc(N7CCC(NC(=O)OCc8ccc(NC(=O)CNC(=O)C(NC(=O)CCCCCN9C(=O)C=CC9=O)C(C)C)cc8)CC7)ccc6nc-5c4c3C2=O)NC(=O)/C(C)=C\C=C\[C@H](C)C[C@@H](C)C[C@@H](C)[C@H](OC(C)=O)[C@@H]1C. The molecular weight excluding hydrogens is 1280 g/mol. The summed E-state index contributed by atoms with van der Waals surface area (Å²) in [5, 5.41) is 25.8. The van der Waals surface area contributed by atoms with Gasteiger partial charge in [0.25, 0.3) is 23.5 Å². The molecule has 5 heterocycles. The zero-order valence-corrected chi connectivity index (χ0v) is 58.1. The number of phenolic OH excluding ortho intramolecular Hbond substituents is 1. The number of aromatic hydroxyl groups is 1. The maximum Gasteiger partial charge on any atom is 0.407 e. The number of piperidine rings is 1. The number of ketones is 1. The highest BCUT2D eigenvalue weighted by atomic mass is 32.1. The molecule has 24 nitrogen and oxygen atoms in total. The number of nitrogens with zero attached hydrogens (tertiary/aromatic N) is 3. The molecule has 6 aliphatic rings. The van der Waals surface area contributed by atoms with Gasteiger partial charge >= 0.3 is 17.8 Å². The van der Waals surface area contributed by atoms with Crippen molar-refractivity contribution in [1.29, 1.82) is 0 Å². The van der Waals surface area contributed by atoms with Crippen LogP contribution in [-0.2, 0) is 59.1 Å². The smallest absolute Gasteiger partial charge is 0.407 e. The number of amides is 7. The van der Waals surface area contributed by atoms with Gasteiger partial charge in [-0.15, -0.1) is 11.3 Å². The summed E-state index contributed by atoms with van der Waals surface area (Å²) in [4.78, 5) is 141. The Kier molecular flexibility index (Phi) is 23.6. The number of esters is 1. The van der Waals surface area contributed by atoms with E-state index in [1.165, 1.54) is 57.6 Å². The Morgan fingerprint density at radius 1 is 0.898 bits per heavy atom. The van der Waals surface area contributed by atoms with Crippen molar-refractivity contribution in [2.24, 2.45) is 29.6 Å². The number of nitrogens with one attached hydrogen (secondary N) is 5. The molecule has 3 aromatic carbocycles. The van der Waals surface area contributed by atoms with Gasteiger partial charge in [-0.1, -0.05) is 78.3 Å². The van der Waals surface area contributed by atoms with Gasteiger partial charge in [0.05, 0.1) is 50.6 Å². The molecule has 0 aromatic heterocycles. The van der Waals surface area contributed by atoms with E-state index in [9.17, 15) is 43.5 Å². The Morgan fingerprint density at radius 2 is 1.61 bits per heavy atom. The first-order chi connectivity index (χ1) is 46.6. The number of imide groups is 1. The van der Waals surface area contributed by atoms with E-state index in [1.54, 1.807) is 57.2 Å². The number of fused-ring (bicyclic) bond motifs is 2. The molecule has 25 heteroatoms. The Hall–Kier alpha value is -9.49. The lowest BCUT2D eigenvalue weighted by Crippen LogP contribution is -2.51. The quantitative estimate of drug-likeness (QED) is 0.0156. The minimum absolute atomic E-state index is 0.00283. The van der Waals surface area contributed by atoms with Gasteiger partial charge in [-0.25, -0.2) is 9.78 Å². The average Bonchev–Trinajstić information content (AvgIpc) is 1.38. The second-order valence-corrected chi connectivity index (χ2v) is 27.6. The molecule has 522 valence electrons. The third-order valence-electron chi connectivity index (χ3n) is 18.4. The zero-order valence-electron chi connectivity index (χ0n) is 57.3. The van der Waals surface area contributed by atoms with E-state index in [4.69, 9.17) is 28.7 Å². The third kappa shape index (κ3) is 17.1. The zero-order chi connectivity index (χ0) is 70.9. The molecule has 0 radical (unpaired) electrons. The number of hydrogen-bond acceptors (Lipinski definition) is 19. The van der Waals surface area contributed by atoms with Crippen molar-refractivity contribution in [2.45, 2.75) is 157 Å².